The predicted molar refractivity (Wildman–Crippen MR) is 228 cm³/mol. The molecule has 10 heteroatoms. The fourth-order valence-electron chi connectivity index (χ4n) is 4.90. The third-order valence-electron chi connectivity index (χ3n) is 7.95. The third kappa shape index (κ3) is 40.4. The first kappa shape index (κ1) is 51.9. The molecule has 0 rings (SSSR count). The van der Waals surface area contributed by atoms with Crippen molar-refractivity contribution in [2.24, 2.45) is 5.73 Å². The zero-order chi connectivity index (χ0) is 40.3. The Labute approximate surface area is 334 Å². The number of esters is 2. The molecule has 0 amide bonds. The summed E-state index contributed by atoms with van der Waals surface area (Å²) >= 11 is 0. The lowest BCUT2D eigenvalue weighted by Gasteiger charge is -2.19. The van der Waals surface area contributed by atoms with Crippen LogP contribution in [0.1, 0.15) is 142 Å². The lowest BCUT2D eigenvalue weighted by Crippen LogP contribution is -2.29. The Balaban J connectivity index is 4.34. The highest BCUT2D eigenvalue weighted by atomic mass is 31.2. The molecule has 1 unspecified atom stereocenters. The van der Waals surface area contributed by atoms with Crippen LogP contribution >= 0.6 is 7.82 Å². The highest BCUT2D eigenvalue weighted by Crippen LogP contribution is 2.43. The highest BCUT2D eigenvalue weighted by molar-refractivity contribution is 7.47. The van der Waals surface area contributed by atoms with Crippen LogP contribution in [0, 0.1) is 0 Å². The van der Waals surface area contributed by atoms with Crippen LogP contribution in [0.4, 0.5) is 0 Å². The summed E-state index contributed by atoms with van der Waals surface area (Å²) in [5.74, 6) is -0.925. The Morgan fingerprint density at radius 3 is 1.49 bits per heavy atom. The minimum absolute atomic E-state index is 0.0363. The van der Waals surface area contributed by atoms with Crippen molar-refractivity contribution in [1.82, 2.24) is 0 Å². The second-order valence-electron chi connectivity index (χ2n) is 13.1. The summed E-state index contributed by atoms with van der Waals surface area (Å²) in [5.41, 5.74) is 5.34. The van der Waals surface area contributed by atoms with Gasteiger partial charge in [0, 0.05) is 19.4 Å². The summed E-state index contributed by atoms with van der Waals surface area (Å²) in [5, 5.41) is 0. The first-order chi connectivity index (χ1) is 26.8. The van der Waals surface area contributed by atoms with Gasteiger partial charge in [-0.05, 0) is 96.3 Å². The van der Waals surface area contributed by atoms with Crippen molar-refractivity contribution >= 4 is 19.8 Å². The van der Waals surface area contributed by atoms with Crippen LogP contribution < -0.4 is 5.73 Å². The molecule has 0 heterocycles. The quantitative estimate of drug-likeness (QED) is 0.0273. The van der Waals surface area contributed by atoms with Gasteiger partial charge in [0.05, 0.1) is 13.2 Å². The van der Waals surface area contributed by atoms with Gasteiger partial charge in [-0.15, -0.1) is 0 Å². The van der Waals surface area contributed by atoms with Crippen molar-refractivity contribution in [3.63, 3.8) is 0 Å². The van der Waals surface area contributed by atoms with Crippen LogP contribution in [0.5, 0.6) is 0 Å². The van der Waals surface area contributed by atoms with Crippen LogP contribution in [0.2, 0.25) is 0 Å². The SMILES string of the molecule is CCC=CCC=CCC=CCC=CCCCCC(=O)OC[C@H](COP(=O)(O)OCCN)OC(=O)CCCCCC=CCC=CCC=CCC=CCCCCC. The first-order valence-corrected chi connectivity index (χ1v) is 22.2. The molecule has 9 nitrogen and oxygen atoms in total. The van der Waals surface area contributed by atoms with E-state index in [9.17, 15) is 19.0 Å². The zero-order valence-electron chi connectivity index (χ0n) is 34.1. The van der Waals surface area contributed by atoms with Gasteiger partial charge in [-0.1, -0.05) is 130 Å². The molecule has 0 fully saturated rings. The fourth-order valence-corrected chi connectivity index (χ4v) is 5.67. The lowest BCUT2D eigenvalue weighted by atomic mass is 10.1. The Morgan fingerprint density at radius 1 is 0.564 bits per heavy atom. The highest BCUT2D eigenvalue weighted by Gasteiger charge is 2.25. The van der Waals surface area contributed by atoms with Gasteiger partial charge < -0.3 is 20.1 Å². The van der Waals surface area contributed by atoms with E-state index in [0.717, 1.165) is 77.0 Å². The van der Waals surface area contributed by atoms with E-state index >= 15 is 0 Å². The van der Waals surface area contributed by atoms with Crippen LogP contribution in [0.25, 0.3) is 0 Å². The second kappa shape index (κ2) is 40.6. The standard InChI is InChI=1S/C45H74NO8P/c1-3-5-7-9-11-13-15-17-19-20-21-22-24-26-28-30-32-34-36-38-45(48)54-43(42-53-55(49,50)52-40-39-46)41-51-44(47)37-35-33-31-29-27-25-23-18-16-14-12-10-8-6-4-2/h6,8,11-14,17-19,21-23,26-29,43H,3-5,7,9-10,15-16,20,24-25,30-42,46H2,1-2H3,(H,49,50)/t43-/m1/s1. The summed E-state index contributed by atoms with van der Waals surface area (Å²) < 4.78 is 32.7. The minimum atomic E-state index is -4.40. The summed E-state index contributed by atoms with van der Waals surface area (Å²) in [6, 6.07) is 0. The molecule has 0 bridgehead atoms. The van der Waals surface area contributed by atoms with Crippen molar-refractivity contribution in [3.8, 4) is 0 Å². The number of phosphoric acid groups is 1. The van der Waals surface area contributed by atoms with Gasteiger partial charge in [0.2, 0.25) is 0 Å². The minimum Gasteiger partial charge on any atom is -0.462 e. The first-order valence-electron chi connectivity index (χ1n) is 20.7. The number of hydrogen-bond acceptors (Lipinski definition) is 8. The van der Waals surface area contributed by atoms with Crippen LogP contribution in [0.3, 0.4) is 0 Å². The van der Waals surface area contributed by atoms with Gasteiger partial charge in [-0.3, -0.25) is 18.6 Å². The monoisotopic (exact) mass is 788 g/mol. The average molecular weight is 788 g/mol. The molecular weight excluding hydrogens is 713 g/mol. The average Bonchev–Trinajstić information content (AvgIpc) is 3.17. The Hall–Kier alpha value is -3.07. The van der Waals surface area contributed by atoms with Crippen LogP contribution in [-0.4, -0.2) is 49.3 Å². The van der Waals surface area contributed by atoms with Crippen molar-refractivity contribution in [3.05, 3.63) is 97.2 Å². The molecule has 2 atom stereocenters. The Bertz CT molecular complexity index is 1220. The molecule has 0 aromatic carbocycles. The number of rotatable bonds is 37. The van der Waals surface area contributed by atoms with E-state index in [4.69, 9.17) is 24.3 Å². The van der Waals surface area contributed by atoms with Gasteiger partial charge in [0.15, 0.2) is 6.10 Å². The molecule has 55 heavy (non-hydrogen) atoms. The largest absolute Gasteiger partial charge is 0.472 e. The molecule has 0 radical (unpaired) electrons. The summed E-state index contributed by atoms with van der Waals surface area (Å²) in [6.07, 6.45) is 51.5. The van der Waals surface area contributed by atoms with Gasteiger partial charge in [-0.25, -0.2) is 4.57 Å². The van der Waals surface area contributed by atoms with E-state index in [1.54, 1.807) is 0 Å². The molecule has 312 valence electrons. The van der Waals surface area contributed by atoms with Crippen molar-refractivity contribution in [2.75, 3.05) is 26.4 Å². The molecule has 0 saturated heterocycles. The molecule has 3 N–H and O–H groups in total. The topological polar surface area (TPSA) is 134 Å². The number of carbonyl (C=O) groups excluding carboxylic acids is 2. The van der Waals surface area contributed by atoms with Gasteiger partial charge >= 0.3 is 19.8 Å². The Morgan fingerprint density at radius 2 is 1.00 bits per heavy atom. The summed E-state index contributed by atoms with van der Waals surface area (Å²) in [7, 11) is -4.40. The third-order valence-corrected chi connectivity index (χ3v) is 8.94. The van der Waals surface area contributed by atoms with E-state index in [2.05, 4.69) is 111 Å². The van der Waals surface area contributed by atoms with Gasteiger partial charge in [-0.2, -0.15) is 0 Å². The molecule has 0 aliphatic carbocycles. The predicted octanol–water partition coefficient (Wildman–Crippen LogP) is 11.8. The molecule has 0 aliphatic heterocycles. The number of nitrogens with two attached hydrogens (primary N) is 1. The number of hydrogen-bond donors (Lipinski definition) is 2. The van der Waals surface area contributed by atoms with Crippen molar-refractivity contribution in [2.45, 2.75) is 148 Å². The van der Waals surface area contributed by atoms with E-state index in [1.807, 2.05) is 0 Å². The van der Waals surface area contributed by atoms with Crippen LogP contribution in [-0.2, 0) is 32.7 Å². The summed E-state index contributed by atoms with van der Waals surface area (Å²) in [4.78, 5) is 34.8. The second-order valence-corrected chi connectivity index (χ2v) is 14.6. The number of ether oxygens (including phenoxy) is 2. The van der Waals surface area contributed by atoms with Gasteiger partial charge in [0.25, 0.3) is 0 Å². The van der Waals surface area contributed by atoms with Gasteiger partial charge in [0.1, 0.15) is 6.61 Å². The van der Waals surface area contributed by atoms with Crippen molar-refractivity contribution < 1.29 is 37.6 Å². The number of allylic oxidation sites excluding steroid dienone is 16. The number of carbonyl (C=O) groups is 2. The fraction of sp³-hybridized carbons (Fsp3) is 0.600. The van der Waals surface area contributed by atoms with E-state index in [0.29, 0.717) is 12.8 Å². The molecule has 0 aromatic heterocycles. The number of unbranched alkanes of at least 4 members (excludes halogenated alkanes) is 8. The molecule has 0 aliphatic rings. The Kier molecular flexibility index (Phi) is 38.3. The normalized spacial score (nSPS) is 14.3. The van der Waals surface area contributed by atoms with E-state index < -0.39 is 32.5 Å². The maximum Gasteiger partial charge on any atom is 0.472 e. The molecule has 0 saturated carbocycles. The van der Waals surface area contributed by atoms with E-state index in [1.165, 1.54) is 25.7 Å². The molecule has 0 spiro atoms. The maximum absolute atomic E-state index is 12.6. The zero-order valence-corrected chi connectivity index (χ0v) is 35.0. The maximum atomic E-state index is 12.6. The van der Waals surface area contributed by atoms with Crippen LogP contribution in [0.15, 0.2) is 97.2 Å². The van der Waals surface area contributed by atoms with E-state index in [-0.39, 0.29) is 32.6 Å². The smallest absolute Gasteiger partial charge is 0.462 e. The molecule has 0 aromatic rings. The number of phosphoric ester groups is 1. The van der Waals surface area contributed by atoms with Crippen molar-refractivity contribution in [1.29, 1.82) is 0 Å². The lowest BCUT2D eigenvalue weighted by molar-refractivity contribution is -0.161. The summed E-state index contributed by atoms with van der Waals surface area (Å²) in [6.45, 7) is 3.47. The molecular formula is C45H74NO8P.